The van der Waals surface area contributed by atoms with Crippen LogP contribution in [0.5, 0.6) is 11.5 Å². The highest BCUT2D eigenvalue weighted by atomic mass is 16.5. The maximum atomic E-state index is 5.27. The van der Waals surface area contributed by atoms with Crippen LogP contribution >= 0.6 is 0 Å². The van der Waals surface area contributed by atoms with E-state index >= 15 is 0 Å². The number of nitrogens with zero attached hydrogens (tertiary/aromatic N) is 2. The minimum atomic E-state index is 0.326. The second-order valence-corrected chi connectivity index (χ2v) is 4.73. The second kappa shape index (κ2) is 6.96. The summed E-state index contributed by atoms with van der Waals surface area (Å²) < 4.78 is 12.5. The average Bonchev–Trinajstić information content (AvgIpc) is 2.97. The Morgan fingerprint density at radius 2 is 1.90 bits per heavy atom. The number of methoxy groups -OCH3 is 2. The van der Waals surface area contributed by atoms with Crippen molar-refractivity contribution in [3.8, 4) is 11.5 Å². The summed E-state index contributed by atoms with van der Waals surface area (Å²) >= 11 is 0. The molecule has 108 valence electrons. The zero-order valence-corrected chi connectivity index (χ0v) is 12.2. The molecule has 1 heterocycles. The summed E-state index contributed by atoms with van der Waals surface area (Å²) in [7, 11) is 3.32. The smallest absolute Gasteiger partial charge is 0.122 e. The molecule has 0 unspecified atom stereocenters. The lowest BCUT2D eigenvalue weighted by Crippen LogP contribution is -2.30. The number of benzene rings is 1. The van der Waals surface area contributed by atoms with Crippen LogP contribution in [0.15, 0.2) is 36.7 Å². The maximum Gasteiger partial charge on any atom is 0.122 e. The fourth-order valence-corrected chi connectivity index (χ4v) is 2.01. The van der Waals surface area contributed by atoms with Crippen molar-refractivity contribution in [1.29, 1.82) is 0 Å². The monoisotopic (exact) mass is 275 g/mol. The third-order valence-electron chi connectivity index (χ3n) is 3.09. The lowest BCUT2D eigenvalue weighted by atomic mass is 10.2. The van der Waals surface area contributed by atoms with Gasteiger partial charge in [0.2, 0.25) is 0 Å². The predicted molar refractivity (Wildman–Crippen MR) is 78.1 cm³/mol. The Balaban J connectivity index is 1.92. The fraction of sp³-hybridized carbons (Fsp3) is 0.400. The van der Waals surface area contributed by atoms with Crippen LogP contribution < -0.4 is 14.8 Å². The quantitative estimate of drug-likeness (QED) is 0.840. The molecule has 2 aromatic rings. The number of hydrogen-bond donors (Lipinski definition) is 1. The van der Waals surface area contributed by atoms with Crippen LogP contribution in [-0.2, 0) is 13.1 Å². The fourth-order valence-electron chi connectivity index (χ4n) is 2.01. The highest BCUT2D eigenvalue weighted by Crippen LogP contribution is 2.22. The highest BCUT2D eigenvalue weighted by Gasteiger charge is 2.05. The highest BCUT2D eigenvalue weighted by molar-refractivity contribution is 5.38. The molecule has 0 spiro atoms. The van der Waals surface area contributed by atoms with Gasteiger partial charge in [-0.2, -0.15) is 5.10 Å². The van der Waals surface area contributed by atoms with E-state index < -0.39 is 0 Å². The van der Waals surface area contributed by atoms with Gasteiger partial charge >= 0.3 is 0 Å². The molecule has 0 saturated heterocycles. The first-order valence-corrected chi connectivity index (χ1v) is 6.64. The van der Waals surface area contributed by atoms with Crippen molar-refractivity contribution >= 4 is 0 Å². The molecule has 1 aromatic carbocycles. The molecule has 0 aliphatic carbocycles. The molecular formula is C15H21N3O2. The summed E-state index contributed by atoms with van der Waals surface area (Å²) in [5, 5.41) is 7.67. The molecule has 1 atom stereocenters. The maximum absolute atomic E-state index is 5.27. The summed E-state index contributed by atoms with van der Waals surface area (Å²) in [4.78, 5) is 0. The van der Waals surface area contributed by atoms with Gasteiger partial charge in [0.15, 0.2) is 0 Å². The van der Waals surface area contributed by atoms with Crippen LogP contribution in [0.1, 0.15) is 12.5 Å². The Morgan fingerprint density at radius 1 is 1.20 bits per heavy atom. The SMILES string of the molecule is COc1cc(CN[C@@H](C)Cn2cccn2)cc(OC)c1. The van der Waals surface area contributed by atoms with Crippen LogP contribution in [0.3, 0.4) is 0 Å². The minimum Gasteiger partial charge on any atom is -0.497 e. The van der Waals surface area contributed by atoms with Gasteiger partial charge in [-0.3, -0.25) is 4.68 Å². The van der Waals surface area contributed by atoms with Crippen LogP contribution in [0.2, 0.25) is 0 Å². The number of aromatic nitrogens is 2. The minimum absolute atomic E-state index is 0.326. The van der Waals surface area contributed by atoms with E-state index in [1.165, 1.54) is 0 Å². The third kappa shape index (κ3) is 3.99. The molecule has 0 radical (unpaired) electrons. The lowest BCUT2D eigenvalue weighted by molar-refractivity contribution is 0.392. The number of nitrogens with one attached hydrogen (secondary N) is 1. The normalized spacial score (nSPS) is 12.2. The van der Waals surface area contributed by atoms with Crippen LogP contribution in [-0.4, -0.2) is 30.0 Å². The Bertz CT molecular complexity index is 504. The van der Waals surface area contributed by atoms with Crippen molar-refractivity contribution in [3.05, 3.63) is 42.2 Å². The molecule has 5 heteroatoms. The topological polar surface area (TPSA) is 48.3 Å². The van der Waals surface area contributed by atoms with E-state index in [1.807, 2.05) is 35.1 Å². The van der Waals surface area contributed by atoms with Gasteiger partial charge in [0.1, 0.15) is 11.5 Å². The third-order valence-corrected chi connectivity index (χ3v) is 3.09. The van der Waals surface area contributed by atoms with E-state index in [1.54, 1.807) is 20.4 Å². The van der Waals surface area contributed by atoms with Crippen LogP contribution in [0, 0.1) is 0 Å². The van der Waals surface area contributed by atoms with Crippen molar-refractivity contribution in [3.63, 3.8) is 0 Å². The number of rotatable bonds is 7. The van der Waals surface area contributed by atoms with Gasteiger partial charge in [-0.15, -0.1) is 0 Å². The average molecular weight is 275 g/mol. The number of hydrogen-bond acceptors (Lipinski definition) is 4. The Labute approximate surface area is 119 Å². The first-order valence-electron chi connectivity index (χ1n) is 6.64. The molecule has 1 N–H and O–H groups in total. The van der Waals surface area contributed by atoms with Crippen LogP contribution in [0.4, 0.5) is 0 Å². The molecule has 0 bridgehead atoms. The molecular weight excluding hydrogens is 254 g/mol. The van der Waals surface area contributed by atoms with E-state index in [0.717, 1.165) is 30.2 Å². The lowest BCUT2D eigenvalue weighted by Gasteiger charge is -2.15. The van der Waals surface area contributed by atoms with E-state index in [-0.39, 0.29) is 0 Å². The van der Waals surface area contributed by atoms with E-state index in [9.17, 15) is 0 Å². The summed E-state index contributed by atoms with van der Waals surface area (Å²) in [6, 6.07) is 8.15. The molecule has 0 amide bonds. The number of ether oxygens (including phenoxy) is 2. The second-order valence-electron chi connectivity index (χ2n) is 4.73. The van der Waals surface area contributed by atoms with Crippen LogP contribution in [0.25, 0.3) is 0 Å². The summed E-state index contributed by atoms with van der Waals surface area (Å²) in [5.74, 6) is 1.61. The Kier molecular flexibility index (Phi) is 5.01. The van der Waals surface area contributed by atoms with Crippen molar-refractivity contribution < 1.29 is 9.47 Å². The van der Waals surface area contributed by atoms with Crippen molar-refractivity contribution in [2.24, 2.45) is 0 Å². The molecule has 2 rings (SSSR count). The zero-order valence-electron chi connectivity index (χ0n) is 12.2. The molecule has 0 saturated carbocycles. The van der Waals surface area contributed by atoms with Crippen molar-refractivity contribution in [2.75, 3.05) is 14.2 Å². The Morgan fingerprint density at radius 3 is 2.45 bits per heavy atom. The standard InChI is InChI=1S/C15H21N3O2/c1-12(11-18-6-4-5-17-18)16-10-13-7-14(19-2)9-15(8-13)20-3/h4-9,12,16H,10-11H2,1-3H3/t12-/m0/s1. The molecule has 0 fully saturated rings. The van der Waals surface area contributed by atoms with Gasteiger partial charge in [0.05, 0.1) is 20.8 Å². The predicted octanol–water partition coefficient (Wildman–Crippen LogP) is 2.08. The van der Waals surface area contributed by atoms with Gasteiger partial charge in [0, 0.05) is 31.0 Å². The summed E-state index contributed by atoms with van der Waals surface area (Å²) in [6.07, 6.45) is 3.76. The summed E-state index contributed by atoms with van der Waals surface area (Å²) in [6.45, 7) is 3.74. The largest absolute Gasteiger partial charge is 0.497 e. The van der Waals surface area contributed by atoms with Gasteiger partial charge in [-0.25, -0.2) is 0 Å². The molecule has 20 heavy (non-hydrogen) atoms. The van der Waals surface area contributed by atoms with E-state index in [4.69, 9.17) is 9.47 Å². The zero-order chi connectivity index (χ0) is 14.4. The molecule has 0 aliphatic heterocycles. The van der Waals surface area contributed by atoms with Gasteiger partial charge < -0.3 is 14.8 Å². The Hall–Kier alpha value is -2.01. The van der Waals surface area contributed by atoms with Gasteiger partial charge in [-0.1, -0.05) is 0 Å². The molecule has 5 nitrogen and oxygen atoms in total. The summed E-state index contributed by atoms with van der Waals surface area (Å²) in [5.41, 5.74) is 1.13. The molecule has 0 aliphatic rings. The van der Waals surface area contributed by atoms with Gasteiger partial charge in [-0.05, 0) is 30.7 Å². The van der Waals surface area contributed by atoms with E-state index in [2.05, 4.69) is 17.3 Å². The first-order chi connectivity index (χ1) is 9.71. The van der Waals surface area contributed by atoms with Gasteiger partial charge in [0.25, 0.3) is 0 Å². The van der Waals surface area contributed by atoms with Crippen molar-refractivity contribution in [1.82, 2.24) is 15.1 Å². The first kappa shape index (κ1) is 14.4. The van der Waals surface area contributed by atoms with Crippen molar-refractivity contribution in [2.45, 2.75) is 26.1 Å². The van der Waals surface area contributed by atoms with E-state index in [0.29, 0.717) is 6.04 Å². The molecule has 1 aromatic heterocycles.